The minimum atomic E-state index is -0.586. The van der Waals surface area contributed by atoms with Crippen molar-refractivity contribution in [3.8, 4) is 0 Å². The lowest BCUT2D eigenvalue weighted by Gasteiger charge is -1.95. The molecule has 0 aliphatic carbocycles. The molecule has 0 atom stereocenters. The van der Waals surface area contributed by atoms with Gasteiger partial charge in [-0.1, -0.05) is 0 Å². The fourth-order valence-electron chi connectivity index (χ4n) is 0.914. The standard InChI is InChI=1S/C6H10N4O3/c7-6-5(10(12)13)4-9(8-6)2-1-3-11/h4,11H,1-3H2,(H2,7,8). The fourth-order valence-corrected chi connectivity index (χ4v) is 0.914. The summed E-state index contributed by atoms with van der Waals surface area (Å²) in [6, 6.07) is 0. The Hall–Kier alpha value is -1.63. The van der Waals surface area contributed by atoms with E-state index in [-0.39, 0.29) is 18.1 Å². The number of aryl methyl sites for hydroxylation is 1. The molecule has 0 amide bonds. The summed E-state index contributed by atoms with van der Waals surface area (Å²) in [6.07, 6.45) is 1.75. The molecule has 0 unspecified atom stereocenters. The van der Waals surface area contributed by atoms with Crippen LogP contribution in [0.2, 0.25) is 0 Å². The molecule has 13 heavy (non-hydrogen) atoms. The topological polar surface area (TPSA) is 107 Å². The van der Waals surface area contributed by atoms with Crippen molar-refractivity contribution >= 4 is 11.5 Å². The summed E-state index contributed by atoms with van der Waals surface area (Å²) in [5.41, 5.74) is 5.08. The molecule has 1 aromatic rings. The maximum Gasteiger partial charge on any atom is 0.330 e. The van der Waals surface area contributed by atoms with Crippen molar-refractivity contribution in [2.45, 2.75) is 13.0 Å². The maximum atomic E-state index is 10.3. The third kappa shape index (κ3) is 2.15. The average Bonchev–Trinajstić information content (AvgIpc) is 2.43. The van der Waals surface area contributed by atoms with E-state index in [2.05, 4.69) is 5.10 Å². The van der Waals surface area contributed by atoms with Crippen LogP contribution in [0.25, 0.3) is 0 Å². The number of hydrogen-bond donors (Lipinski definition) is 2. The van der Waals surface area contributed by atoms with E-state index in [9.17, 15) is 10.1 Å². The lowest BCUT2D eigenvalue weighted by Crippen LogP contribution is -2.01. The monoisotopic (exact) mass is 186 g/mol. The molecule has 0 fully saturated rings. The van der Waals surface area contributed by atoms with Crippen molar-refractivity contribution in [1.29, 1.82) is 0 Å². The van der Waals surface area contributed by atoms with Crippen LogP contribution in [0.1, 0.15) is 6.42 Å². The van der Waals surface area contributed by atoms with Crippen LogP contribution in [0.3, 0.4) is 0 Å². The molecule has 72 valence electrons. The predicted octanol–water partition coefficient (Wildman–Crippen LogP) is -0.244. The fraction of sp³-hybridized carbons (Fsp3) is 0.500. The highest BCUT2D eigenvalue weighted by molar-refractivity contribution is 5.50. The van der Waals surface area contributed by atoms with Gasteiger partial charge in [0.1, 0.15) is 6.20 Å². The molecule has 3 N–H and O–H groups in total. The Kier molecular flexibility index (Phi) is 2.80. The molecule has 0 spiro atoms. The van der Waals surface area contributed by atoms with Crippen molar-refractivity contribution in [2.24, 2.45) is 0 Å². The normalized spacial score (nSPS) is 10.2. The van der Waals surface area contributed by atoms with Gasteiger partial charge >= 0.3 is 5.69 Å². The molecule has 0 aromatic carbocycles. The van der Waals surface area contributed by atoms with Gasteiger partial charge < -0.3 is 10.8 Å². The summed E-state index contributed by atoms with van der Waals surface area (Å²) < 4.78 is 1.35. The third-order valence-electron chi connectivity index (χ3n) is 1.51. The van der Waals surface area contributed by atoms with Crippen molar-refractivity contribution in [1.82, 2.24) is 9.78 Å². The van der Waals surface area contributed by atoms with E-state index in [0.29, 0.717) is 13.0 Å². The second-order valence-electron chi connectivity index (χ2n) is 2.50. The first kappa shape index (κ1) is 9.46. The smallest absolute Gasteiger partial charge is 0.330 e. The number of nitrogen functional groups attached to an aromatic ring is 1. The summed E-state index contributed by atoms with van der Waals surface area (Å²) in [7, 11) is 0. The van der Waals surface area contributed by atoms with Crippen molar-refractivity contribution in [2.75, 3.05) is 12.3 Å². The number of nitrogens with two attached hydrogens (primary N) is 1. The highest BCUT2D eigenvalue weighted by Crippen LogP contribution is 2.18. The second kappa shape index (κ2) is 3.85. The van der Waals surface area contributed by atoms with E-state index in [1.807, 2.05) is 0 Å². The summed E-state index contributed by atoms with van der Waals surface area (Å²) >= 11 is 0. The zero-order chi connectivity index (χ0) is 9.84. The van der Waals surface area contributed by atoms with E-state index in [0.717, 1.165) is 0 Å². The van der Waals surface area contributed by atoms with Gasteiger partial charge in [-0.3, -0.25) is 14.8 Å². The molecule has 0 bridgehead atoms. The molecule has 7 nitrogen and oxygen atoms in total. The molecule has 7 heteroatoms. The van der Waals surface area contributed by atoms with Crippen LogP contribution >= 0.6 is 0 Å². The Morgan fingerprint density at radius 3 is 2.92 bits per heavy atom. The Bertz CT molecular complexity index is 309. The molecule has 1 aromatic heterocycles. The molecular formula is C6H10N4O3. The van der Waals surface area contributed by atoms with Crippen LogP contribution in [0.4, 0.5) is 11.5 Å². The molecule has 0 aliphatic rings. The van der Waals surface area contributed by atoms with Crippen molar-refractivity contribution < 1.29 is 10.0 Å². The zero-order valence-electron chi connectivity index (χ0n) is 6.88. The van der Waals surface area contributed by atoms with Crippen LogP contribution in [0, 0.1) is 10.1 Å². The number of aromatic nitrogens is 2. The average molecular weight is 186 g/mol. The van der Waals surface area contributed by atoms with Crippen LogP contribution < -0.4 is 5.73 Å². The van der Waals surface area contributed by atoms with Gasteiger partial charge in [0.25, 0.3) is 0 Å². The van der Waals surface area contributed by atoms with Crippen LogP contribution in [-0.2, 0) is 6.54 Å². The lowest BCUT2D eigenvalue weighted by atomic mass is 10.4. The third-order valence-corrected chi connectivity index (χ3v) is 1.51. The van der Waals surface area contributed by atoms with Gasteiger partial charge in [-0.15, -0.1) is 5.10 Å². The summed E-state index contributed by atoms with van der Waals surface area (Å²) in [6.45, 7) is 0.447. The quantitative estimate of drug-likeness (QED) is 0.498. The molecule has 1 rings (SSSR count). The first-order valence-corrected chi connectivity index (χ1v) is 3.73. The van der Waals surface area contributed by atoms with Crippen molar-refractivity contribution in [3.63, 3.8) is 0 Å². The van der Waals surface area contributed by atoms with Gasteiger partial charge in [-0.2, -0.15) is 0 Å². The van der Waals surface area contributed by atoms with Gasteiger partial charge in [0.05, 0.1) is 4.92 Å². The van der Waals surface area contributed by atoms with Gasteiger partial charge in [-0.25, -0.2) is 0 Å². The summed E-state index contributed by atoms with van der Waals surface area (Å²) in [5.74, 6) is -0.0945. The Morgan fingerprint density at radius 1 is 1.77 bits per heavy atom. The van der Waals surface area contributed by atoms with Crippen LogP contribution in [0.15, 0.2) is 6.20 Å². The van der Waals surface area contributed by atoms with Gasteiger partial charge in [0.2, 0.25) is 5.82 Å². The first-order chi connectivity index (χ1) is 6.15. The molecule has 0 saturated carbocycles. The zero-order valence-corrected chi connectivity index (χ0v) is 6.88. The van der Waals surface area contributed by atoms with Gasteiger partial charge in [-0.05, 0) is 6.42 Å². The molecule has 0 saturated heterocycles. The Balaban J connectivity index is 2.76. The SMILES string of the molecule is Nc1nn(CCCO)cc1[N+](=O)[O-]. The largest absolute Gasteiger partial charge is 0.396 e. The lowest BCUT2D eigenvalue weighted by molar-refractivity contribution is -0.384. The molecule has 0 aliphatic heterocycles. The number of aliphatic hydroxyl groups is 1. The highest BCUT2D eigenvalue weighted by atomic mass is 16.6. The van der Waals surface area contributed by atoms with Crippen LogP contribution in [0.5, 0.6) is 0 Å². The van der Waals surface area contributed by atoms with E-state index in [4.69, 9.17) is 10.8 Å². The molecule has 1 heterocycles. The number of rotatable bonds is 4. The maximum absolute atomic E-state index is 10.3. The van der Waals surface area contributed by atoms with Crippen molar-refractivity contribution in [3.05, 3.63) is 16.3 Å². The Labute approximate surface area is 73.9 Å². The van der Waals surface area contributed by atoms with E-state index < -0.39 is 4.92 Å². The number of aliphatic hydroxyl groups excluding tert-OH is 1. The van der Waals surface area contributed by atoms with Gasteiger partial charge in [0.15, 0.2) is 0 Å². The van der Waals surface area contributed by atoms with Crippen LogP contribution in [-0.4, -0.2) is 26.4 Å². The summed E-state index contributed by atoms with van der Waals surface area (Å²) in [4.78, 5) is 9.75. The second-order valence-corrected chi connectivity index (χ2v) is 2.50. The van der Waals surface area contributed by atoms with E-state index in [1.165, 1.54) is 10.9 Å². The minimum absolute atomic E-state index is 0.0214. The van der Waals surface area contributed by atoms with Gasteiger partial charge in [0, 0.05) is 13.2 Å². The number of hydrogen-bond acceptors (Lipinski definition) is 5. The number of nitro groups is 1. The highest BCUT2D eigenvalue weighted by Gasteiger charge is 2.15. The van der Waals surface area contributed by atoms with E-state index >= 15 is 0 Å². The first-order valence-electron chi connectivity index (χ1n) is 3.73. The Morgan fingerprint density at radius 2 is 2.46 bits per heavy atom. The predicted molar refractivity (Wildman–Crippen MR) is 45.0 cm³/mol. The van der Waals surface area contributed by atoms with E-state index in [1.54, 1.807) is 0 Å². The molecule has 0 radical (unpaired) electrons. The minimum Gasteiger partial charge on any atom is -0.396 e. The molecular weight excluding hydrogens is 176 g/mol. The number of nitrogens with zero attached hydrogens (tertiary/aromatic N) is 3. The number of anilines is 1. The summed E-state index contributed by atoms with van der Waals surface area (Å²) in [5, 5.41) is 22.5.